The maximum Gasteiger partial charge on any atom is 0.252 e. The second-order valence-electron chi connectivity index (χ2n) is 3.78. The average Bonchev–Trinajstić information content (AvgIpc) is 2.38. The van der Waals surface area contributed by atoms with E-state index in [0.717, 1.165) is 5.56 Å². The van der Waals surface area contributed by atoms with Gasteiger partial charge in [0.05, 0.1) is 5.56 Å². The number of rotatable bonds is 4. The number of hydrogen-bond acceptors (Lipinski definition) is 2. The van der Waals surface area contributed by atoms with Crippen LogP contribution in [0.5, 0.6) is 5.75 Å². The zero-order chi connectivity index (χ0) is 13.0. The fraction of sp³-hybridized carbons (Fsp3) is 0.0714. The van der Waals surface area contributed by atoms with Gasteiger partial charge >= 0.3 is 0 Å². The van der Waals surface area contributed by atoms with Crippen molar-refractivity contribution in [2.75, 3.05) is 0 Å². The van der Waals surface area contributed by atoms with Gasteiger partial charge < -0.3 is 10.5 Å². The Hall–Kier alpha value is -2.00. The number of carbonyl (C=O) groups excluding carboxylic acids is 1. The van der Waals surface area contributed by atoms with Gasteiger partial charge in [-0.25, -0.2) is 0 Å². The lowest BCUT2D eigenvalue weighted by molar-refractivity contribution is 0.0996. The summed E-state index contributed by atoms with van der Waals surface area (Å²) in [6.07, 6.45) is 0. The van der Waals surface area contributed by atoms with Crippen molar-refractivity contribution in [1.82, 2.24) is 0 Å². The van der Waals surface area contributed by atoms with E-state index in [1.54, 1.807) is 36.4 Å². The molecule has 0 atom stereocenters. The summed E-state index contributed by atoms with van der Waals surface area (Å²) in [6, 6.07) is 14.2. The van der Waals surface area contributed by atoms with Crippen LogP contribution in [0.2, 0.25) is 5.02 Å². The molecule has 0 aliphatic heterocycles. The molecule has 0 heterocycles. The molecule has 0 spiro atoms. The first-order chi connectivity index (χ1) is 8.66. The van der Waals surface area contributed by atoms with Gasteiger partial charge in [-0.2, -0.15) is 0 Å². The Morgan fingerprint density at radius 1 is 1.11 bits per heavy atom. The second kappa shape index (κ2) is 5.56. The maximum atomic E-state index is 11.2. The minimum Gasteiger partial charge on any atom is -0.488 e. The standard InChI is InChI=1S/C14H12ClNO2/c15-11-7-5-10(6-8-11)9-18-13-4-2-1-3-12(13)14(16)17/h1-8H,9H2,(H2,16,17). The first-order valence-corrected chi connectivity index (χ1v) is 5.80. The number of primary amides is 1. The molecule has 92 valence electrons. The molecule has 0 unspecified atom stereocenters. The van der Waals surface area contributed by atoms with E-state index in [1.807, 2.05) is 12.1 Å². The van der Waals surface area contributed by atoms with E-state index < -0.39 is 5.91 Å². The quantitative estimate of drug-likeness (QED) is 0.920. The van der Waals surface area contributed by atoms with Crippen molar-refractivity contribution >= 4 is 17.5 Å². The summed E-state index contributed by atoms with van der Waals surface area (Å²) in [7, 11) is 0. The van der Waals surface area contributed by atoms with Gasteiger partial charge in [-0.05, 0) is 29.8 Å². The molecule has 3 nitrogen and oxygen atoms in total. The summed E-state index contributed by atoms with van der Waals surface area (Å²) in [4.78, 5) is 11.2. The van der Waals surface area contributed by atoms with Crippen LogP contribution in [0, 0.1) is 0 Å². The number of ether oxygens (including phenoxy) is 1. The Labute approximate surface area is 110 Å². The monoisotopic (exact) mass is 261 g/mol. The molecule has 18 heavy (non-hydrogen) atoms. The fourth-order valence-corrected chi connectivity index (χ4v) is 1.66. The van der Waals surface area contributed by atoms with Crippen LogP contribution < -0.4 is 10.5 Å². The van der Waals surface area contributed by atoms with E-state index in [-0.39, 0.29) is 0 Å². The van der Waals surface area contributed by atoms with Crippen molar-refractivity contribution in [3.63, 3.8) is 0 Å². The number of nitrogens with two attached hydrogens (primary N) is 1. The summed E-state index contributed by atoms with van der Waals surface area (Å²) in [5, 5.41) is 0.677. The summed E-state index contributed by atoms with van der Waals surface area (Å²) in [5.74, 6) is -0.0124. The summed E-state index contributed by atoms with van der Waals surface area (Å²) in [6.45, 7) is 0.363. The van der Waals surface area contributed by atoms with Gasteiger partial charge in [0, 0.05) is 5.02 Å². The summed E-state index contributed by atoms with van der Waals surface area (Å²) < 4.78 is 5.58. The van der Waals surface area contributed by atoms with E-state index >= 15 is 0 Å². The molecule has 0 radical (unpaired) electrons. The van der Waals surface area contributed by atoms with Crippen LogP contribution in [-0.4, -0.2) is 5.91 Å². The van der Waals surface area contributed by atoms with E-state index in [9.17, 15) is 4.79 Å². The largest absolute Gasteiger partial charge is 0.488 e. The van der Waals surface area contributed by atoms with E-state index in [0.29, 0.717) is 22.9 Å². The highest BCUT2D eigenvalue weighted by molar-refractivity contribution is 6.30. The highest BCUT2D eigenvalue weighted by Crippen LogP contribution is 2.19. The molecule has 2 rings (SSSR count). The molecule has 2 N–H and O–H groups in total. The van der Waals surface area contributed by atoms with Crippen molar-refractivity contribution in [3.05, 3.63) is 64.7 Å². The lowest BCUT2D eigenvalue weighted by Crippen LogP contribution is -2.12. The average molecular weight is 262 g/mol. The van der Waals surface area contributed by atoms with Crippen LogP contribution in [0.25, 0.3) is 0 Å². The lowest BCUT2D eigenvalue weighted by atomic mass is 10.2. The second-order valence-corrected chi connectivity index (χ2v) is 4.21. The molecule has 1 amide bonds. The molecule has 0 bridgehead atoms. The van der Waals surface area contributed by atoms with Crippen molar-refractivity contribution in [2.24, 2.45) is 5.73 Å². The lowest BCUT2D eigenvalue weighted by Gasteiger charge is -2.09. The number of para-hydroxylation sites is 1. The van der Waals surface area contributed by atoms with Crippen molar-refractivity contribution in [3.8, 4) is 5.75 Å². The highest BCUT2D eigenvalue weighted by atomic mass is 35.5. The fourth-order valence-electron chi connectivity index (χ4n) is 1.54. The maximum absolute atomic E-state index is 11.2. The van der Waals surface area contributed by atoms with Gasteiger partial charge in [-0.3, -0.25) is 4.79 Å². The minimum atomic E-state index is -0.498. The van der Waals surface area contributed by atoms with E-state index in [4.69, 9.17) is 22.1 Å². The smallest absolute Gasteiger partial charge is 0.252 e. The Balaban J connectivity index is 2.10. The molecule has 0 aliphatic rings. The van der Waals surface area contributed by atoms with Crippen LogP contribution >= 0.6 is 11.6 Å². The van der Waals surface area contributed by atoms with E-state index in [2.05, 4.69) is 0 Å². The molecule has 0 aromatic heterocycles. The van der Waals surface area contributed by atoms with E-state index in [1.165, 1.54) is 0 Å². The Morgan fingerprint density at radius 2 is 1.78 bits per heavy atom. The van der Waals surface area contributed by atoms with Gasteiger partial charge in [-0.15, -0.1) is 0 Å². The number of carbonyl (C=O) groups is 1. The minimum absolute atomic E-state index is 0.363. The van der Waals surface area contributed by atoms with Gasteiger partial charge in [0.25, 0.3) is 5.91 Å². The molecule has 0 fully saturated rings. The SMILES string of the molecule is NC(=O)c1ccccc1OCc1ccc(Cl)cc1. The van der Waals surface area contributed by atoms with Gasteiger partial charge in [0.15, 0.2) is 0 Å². The third-order valence-electron chi connectivity index (χ3n) is 2.46. The third kappa shape index (κ3) is 3.02. The zero-order valence-corrected chi connectivity index (χ0v) is 10.4. The molecule has 0 aliphatic carbocycles. The van der Waals surface area contributed by atoms with Crippen LogP contribution in [0.1, 0.15) is 15.9 Å². The van der Waals surface area contributed by atoms with Gasteiger partial charge in [-0.1, -0.05) is 35.9 Å². The number of amides is 1. The number of benzene rings is 2. The van der Waals surface area contributed by atoms with Gasteiger partial charge in [0.2, 0.25) is 0 Å². The Morgan fingerprint density at radius 3 is 2.44 bits per heavy atom. The molecule has 2 aromatic carbocycles. The summed E-state index contributed by atoms with van der Waals surface area (Å²) >= 11 is 5.79. The number of halogens is 1. The van der Waals surface area contributed by atoms with Crippen molar-refractivity contribution in [2.45, 2.75) is 6.61 Å². The van der Waals surface area contributed by atoms with Crippen molar-refractivity contribution < 1.29 is 9.53 Å². The predicted octanol–water partition coefficient (Wildman–Crippen LogP) is 3.02. The van der Waals surface area contributed by atoms with Gasteiger partial charge in [0.1, 0.15) is 12.4 Å². The molecule has 2 aromatic rings. The molecular weight excluding hydrogens is 250 g/mol. The summed E-state index contributed by atoms with van der Waals surface area (Å²) in [5.41, 5.74) is 6.62. The topological polar surface area (TPSA) is 52.3 Å². The van der Waals surface area contributed by atoms with Crippen molar-refractivity contribution in [1.29, 1.82) is 0 Å². The van der Waals surface area contributed by atoms with Crippen LogP contribution in [0.15, 0.2) is 48.5 Å². The number of hydrogen-bond donors (Lipinski definition) is 1. The molecule has 0 saturated carbocycles. The third-order valence-corrected chi connectivity index (χ3v) is 2.71. The molecular formula is C14H12ClNO2. The molecule has 4 heteroatoms. The first kappa shape index (κ1) is 12.5. The Bertz CT molecular complexity index is 552. The Kier molecular flexibility index (Phi) is 3.85. The highest BCUT2D eigenvalue weighted by Gasteiger charge is 2.08. The van der Waals surface area contributed by atoms with Crippen LogP contribution in [0.3, 0.4) is 0 Å². The zero-order valence-electron chi connectivity index (χ0n) is 9.60. The predicted molar refractivity (Wildman–Crippen MR) is 70.7 cm³/mol. The van der Waals surface area contributed by atoms with Crippen LogP contribution in [0.4, 0.5) is 0 Å². The molecule has 0 saturated heterocycles. The normalized spacial score (nSPS) is 10.1. The van der Waals surface area contributed by atoms with Crippen LogP contribution in [-0.2, 0) is 6.61 Å². The first-order valence-electron chi connectivity index (χ1n) is 5.43.